The van der Waals surface area contributed by atoms with Crippen molar-refractivity contribution in [1.82, 2.24) is 10.9 Å². The van der Waals surface area contributed by atoms with E-state index < -0.39 is 11.3 Å². The van der Waals surface area contributed by atoms with Crippen LogP contribution in [-0.4, -0.2) is 22.7 Å². The molecule has 2 atom stereocenters. The van der Waals surface area contributed by atoms with Crippen molar-refractivity contribution in [3.05, 3.63) is 72.8 Å². The van der Waals surface area contributed by atoms with Crippen LogP contribution in [0.5, 0.6) is 0 Å². The molecule has 3 aromatic rings. The number of anilines is 2. The molecule has 30 heavy (non-hydrogen) atoms. The Bertz CT molecular complexity index is 1030. The quantitative estimate of drug-likeness (QED) is 0.127. The smallest absolute Gasteiger partial charge is 0.239 e. The van der Waals surface area contributed by atoms with Gasteiger partial charge in [-0.05, 0) is 47.3 Å². The van der Waals surface area contributed by atoms with E-state index in [2.05, 4.69) is 34.1 Å². The van der Waals surface area contributed by atoms with Gasteiger partial charge in [0.25, 0.3) is 0 Å². The summed E-state index contributed by atoms with van der Waals surface area (Å²) in [5, 5.41) is 8.07. The second kappa shape index (κ2) is 10.6. The third-order valence-corrected chi connectivity index (χ3v) is 5.13. The summed E-state index contributed by atoms with van der Waals surface area (Å²) in [4.78, 5) is 23.7. The average molecular weight is 439 g/mol. The summed E-state index contributed by atoms with van der Waals surface area (Å²) in [6, 6.07) is 23.2. The number of para-hydroxylation sites is 1. The number of amides is 1. The van der Waals surface area contributed by atoms with Crippen molar-refractivity contribution in [3.8, 4) is 0 Å². The van der Waals surface area contributed by atoms with Crippen LogP contribution in [0.15, 0.2) is 72.8 Å². The Balaban J connectivity index is 1.47. The Morgan fingerprint density at radius 2 is 1.63 bits per heavy atom. The number of aldehydes is 1. The zero-order valence-corrected chi connectivity index (χ0v) is 17.8. The lowest BCUT2D eigenvalue weighted by atomic mass is 10.1. The predicted molar refractivity (Wildman–Crippen MR) is 128 cm³/mol. The molecule has 0 aromatic heterocycles. The molecule has 0 radical (unpaired) electrons. The molecule has 0 bridgehead atoms. The molecule has 3 rings (SSSR count). The number of carbonyl (C=O) groups excluding carboxylic acids is 2. The molecule has 1 amide bonds. The standard InChI is InChI=1S/C22H22N4O2S2/c27-14-17(21(29)23-18-8-2-1-3-9-18)13-20(28)25-26-22(30)24-19-11-10-15-6-4-5-7-16(15)12-19/h1-12,14,17,21,23,29H,13H2,(H,25,28)(H2,24,26,30). The number of carbonyl (C=O) groups is 2. The van der Waals surface area contributed by atoms with Crippen molar-refractivity contribution in [1.29, 1.82) is 0 Å². The molecule has 0 heterocycles. The lowest BCUT2D eigenvalue weighted by Crippen LogP contribution is -2.45. The first-order valence-electron chi connectivity index (χ1n) is 9.35. The number of thiocarbonyl (C=S) groups is 1. The number of thiol groups is 1. The van der Waals surface area contributed by atoms with Gasteiger partial charge in [0.15, 0.2) is 5.11 Å². The van der Waals surface area contributed by atoms with Crippen molar-refractivity contribution < 1.29 is 9.59 Å². The van der Waals surface area contributed by atoms with Crippen LogP contribution in [0.3, 0.4) is 0 Å². The molecule has 4 N–H and O–H groups in total. The van der Waals surface area contributed by atoms with Crippen LogP contribution in [0.25, 0.3) is 10.8 Å². The van der Waals surface area contributed by atoms with Gasteiger partial charge in [0, 0.05) is 17.8 Å². The van der Waals surface area contributed by atoms with Gasteiger partial charge < -0.3 is 15.4 Å². The lowest BCUT2D eigenvalue weighted by molar-refractivity contribution is -0.124. The molecule has 8 heteroatoms. The van der Waals surface area contributed by atoms with Gasteiger partial charge in [0.05, 0.1) is 11.3 Å². The van der Waals surface area contributed by atoms with Gasteiger partial charge in [-0.3, -0.25) is 15.6 Å². The highest BCUT2D eigenvalue weighted by molar-refractivity contribution is 7.81. The molecule has 0 aliphatic heterocycles. The number of hydrogen-bond acceptors (Lipinski definition) is 5. The van der Waals surface area contributed by atoms with Gasteiger partial charge in [0.1, 0.15) is 6.29 Å². The fourth-order valence-corrected chi connectivity index (χ4v) is 3.36. The summed E-state index contributed by atoms with van der Waals surface area (Å²) in [6.07, 6.45) is 0.682. The van der Waals surface area contributed by atoms with Gasteiger partial charge in [0.2, 0.25) is 5.91 Å². The predicted octanol–water partition coefficient (Wildman–Crippen LogP) is 3.73. The zero-order chi connectivity index (χ0) is 21.3. The van der Waals surface area contributed by atoms with E-state index in [4.69, 9.17) is 12.2 Å². The molecular formula is C22H22N4O2S2. The van der Waals surface area contributed by atoms with Gasteiger partial charge in [-0.15, -0.1) is 0 Å². The van der Waals surface area contributed by atoms with Crippen molar-refractivity contribution >= 4 is 64.3 Å². The maximum absolute atomic E-state index is 12.2. The Kier molecular flexibility index (Phi) is 7.64. The third kappa shape index (κ3) is 6.20. The maximum Gasteiger partial charge on any atom is 0.239 e. The Morgan fingerprint density at radius 1 is 0.933 bits per heavy atom. The van der Waals surface area contributed by atoms with Gasteiger partial charge in [-0.25, -0.2) is 0 Å². The molecule has 2 unspecified atom stereocenters. The number of hydrazine groups is 1. The number of fused-ring (bicyclic) bond motifs is 1. The fraction of sp³-hybridized carbons (Fsp3) is 0.136. The highest BCUT2D eigenvalue weighted by Gasteiger charge is 2.21. The van der Waals surface area contributed by atoms with Gasteiger partial charge in [-0.2, -0.15) is 12.6 Å². The lowest BCUT2D eigenvalue weighted by Gasteiger charge is -2.20. The Labute approximate surface area is 185 Å². The minimum absolute atomic E-state index is 0.0386. The highest BCUT2D eigenvalue weighted by atomic mass is 32.1. The largest absolute Gasteiger partial charge is 0.373 e. The van der Waals surface area contributed by atoms with Crippen LogP contribution in [0.2, 0.25) is 0 Å². The molecule has 3 aromatic carbocycles. The van der Waals surface area contributed by atoms with E-state index in [0.29, 0.717) is 0 Å². The first-order valence-corrected chi connectivity index (χ1v) is 10.3. The monoisotopic (exact) mass is 438 g/mol. The molecule has 0 saturated heterocycles. The second-order valence-corrected chi connectivity index (χ2v) is 7.61. The minimum atomic E-state index is -0.614. The van der Waals surface area contributed by atoms with Crippen LogP contribution in [0.4, 0.5) is 11.4 Å². The highest BCUT2D eigenvalue weighted by Crippen LogP contribution is 2.19. The van der Waals surface area contributed by atoms with Crippen molar-refractivity contribution in [2.45, 2.75) is 11.8 Å². The minimum Gasteiger partial charge on any atom is -0.373 e. The molecule has 0 fully saturated rings. The molecule has 154 valence electrons. The van der Waals surface area contributed by atoms with E-state index in [1.807, 2.05) is 72.8 Å². The van der Waals surface area contributed by atoms with Crippen molar-refractivity contribution in [2.75, 3.05) is 10.6 Å². The van der Waals surface area contributed by atoms with Gasteiger partial charge >= 0.3 is 0 Å². The number of benzene rings is 3. The molecule has 0 saturated carbocycles. The van der Waals surface area contributed by atoms with E-state index in [1.54, 1.807) is 0 Å². The number of nitrogens with one attached hydrogen (secondary N) is 4. The summed E-state index contributed by atoms with van der Waals surface area (Å²) in [5.74, 6) is -0.985. The number of rotatable bonds is 7. The van der Waals surface area contributed by atoms with Crippen LogP contribution >= 0.6 is 24.8 Å². The average Bonchev–Trinajstić information content (AvgIpc) is 2.76. The van der Waals surface area contributed by atoms with E-state index >= 15 is 0 Å². The second-order valence-electron chi connectivity index (χ2n) is 6.65. The zero-order valence-electron chi connectivity index (χ0n) is 16.0. The normalized spacial score (nSPS) is 12.4. The summed E-state index contributed by atoms with van der Waals surface area (Å²) >= 11 is 9.64. The van der Waals surface area contributed by atoms with E-state index in [-0.39, 0.29) is 17.4 Å². The van der Waals surface area contributed by atoms with Crippen LogP contribution < -0.4 is 21.5 Å². The van der Waals surface area contributed by atoms with Crippen molar-refractivity contribution in [3.63, 3.8) is 0 Å². The summed E-state index contributed by atoms with van der Waals surface area (Å²) in [6.45, 7) is 0. The summed E-state index contributed by atoms with van der Waals surface area (Å²) in [5.41, 5.74) is 6.79. The first kappa shape index (κ1) is 21.6. The Morgan fingerprint density at radius 3 is 2.37 bits per heavy atom. The molecule has 6 nitrogen and oxygen atoms in total. The molecular weight excluding hydrogens is 416 g/mol. The Hall–Kier alpha value is -3.10. The molecule has 0 aliphatic carbocycles. The summed E-state index contributed by atoms with van der Waals surface area (Å²) < 4.78 is 0. The summed E-state index contributed by atoms with van der Waals surface area (Å²) in [7, 11) is 0. The number of hydrogen-bond donors (Lipinski definition) is 5. The van der Waals surface area contributed by atoms with Crippen LogP contribution in [0.1, 0.15) is 6.42 Å². The fourth-order valence-electron chi connectivity index (χ4n) is 2.87. The first-order chi connectivity index (χ1) is 14.5. The maximum atomic E-state index is 12.2. The van der Waals surface area contributed by atoms with Crippen LogP contribution in [0, 0.1) is 5.92 Å². The van der Waals surface area contributed by atoms with E-state index in [0.717, 1.165) is 28.4 Å². The third-order valence-electron chi connectivity index (χ3n) is 4.41. The van der Waals surface area contributed by atoms with E-state index in [9.17, 15) is 9.59 Å². The van der Waals surface area contributed by atoms with Gasteiger partial charge in [-0.1, -0.05) is 48.5 Å². The van der Waals surface area contributed by atoms with Crippen molar-refractivity contribution in [2.24, 2.45) is 5.92 Å². The van der Waals surface area contributed by atoms with E-state index in [1.165, 1.54) is 0 Å². The topological polar surface area (TPSA) is 82.3 Å². The van der Waals surface area contributed by atoms with Crippen LogP contribution in [-0.2, 0) is 9.59 Å². The SMILES string of the molecule is O=CC(CC(=O)NNC(=S)Nc1ccc2ccccc2c1)C(S)Nc1ccccc1. The molecule has 0 spiro atoms. The molecule has 0 aliphatic rings.